The number of ether oxygens (including phenoxy) is 3. The Morgan fingerprint density at radius 3 is 1.69 bits per heavy atom. The summed E-state index contributed by atoms with van der Waals surface area (Å²) in [6.45, 7) is 21.2. The van der Waals surface area contributed by atoms with Crippen molar-refractivity contribution in [3.05, 3.63) is 151 Å². The van der Waals surface area contributed by atoms with Crippen LogP contribution >= 0.6 is 0 Å². The van der Waals surface area contributed by atoms with Gasteiger partial charge < -0.3 is 32.6 Å². The van der Waals surface area contributed by atoms with E-state index in [2.05, 4.69) is 139 Å². The molecule has 1 saturated heterocycles. The lowest BCUT2D eigenvalue weighted by molar-refractivity contribution is -0.295. The summed E-state index contributed by atoms with van der Waals surface area (Å²) in [7, 11) is -4.42. The van der Waals surface area contributed by atoms with E-state index < -0.39 is 46.1 Å². The summed E-state index contributed by atoms with van der Waals surface area (Å²) in [5.41, 5.74) is 0.788. The van der Waals surface area contributed by atoms with Crippen molar-refractivity contribution < 1.29 is 37.4 Å². The van der Waals surface area contributed by atoms with Gasteiger partial charge in [0.15, 0.2) is 11.7 Å². The molecule has 4 atom stereocenters. The molecule has 6 rings (SSSR count). The van der Waals surface area contributed by atoms with E-state index in [0.29, 0.717) is 11.6 Å². The first kappa shape index (κ1) is 49.0. The second kappa shape index (κ2) is 20.0. The highest BCUT2D eigenvalue weighted by Crippen LogP contribution is 2.42. The number of hydrogen-bond donors (Lipinski definition) is 1. The summed E-state index contributed by atoms with van der Waals surface area (Å²) in [4.78, 5) is 17.9. The number of aliphatic hydroxyl groups is 1. The number of aliphatic hydroxyl groups excluding tert-OH is 1. The van der Waals surface area contributed by atoms with Crippen LogP contribution in [0.4, 0.5) is 0 Å². The Hall–Kier alpha value is -4.47. The molecule has 9 nitrogen and oxygen atoms in total. The van der Waals surface area contributed by atoms with Crippen LogP contribution in [0.3, 0.4) is 0 Å². The second-order valence-corrected chi connectivity index (χ2v) is 28.9. The Morgan fingerprint density at radius 1 is 0.781 bits per heavy atom. The van der Waals surface area contributed by atoms with Gasteiger partial charge in [-0.05, 0) is 64.1 Å². The zero-order valence-corrected chi connectivity index (χ0v) is 41.7. The first-order valence-electron chi connectivity index (χ1n) is 22.5. The predicted molar refractivity (Wildman–Crippen MR) is 259 cm³/mol. The third-order valence-corrected chi connectivity index (χ3v) is 22.3. The first-order chi connectivity index (χ1) is 30.2. The van der Waals surface area contributed by atoms with Crippen LogP contribution < -0.4 is 20.7 Å². The summed E-state index contributed by atoms with van der Waals surface area (Å²) in [6, 6.07) is 41.9. The normalized spacial score (nSPS) is 19.6. The van der Waals surface area contributed by atoms with E-state index in [1.54, 1.807) is 13.4 Å². The Labute approximate surface area is 383 Å². The van der Waals surface area contributed by atoms with Crippen LogP contribution in [-0.4, -0.2) is 70.5 Å². The minimum atomic E-state index is -3.17. The molecule has 1 aromatic heterocycles. The molecule has 11 heteroatoms. The Balaban J connectivity index is 1.34. The molecule has 0 radical (unpaired) electrons. The van der Waals surface area contributed by atoms with Crippen LogP contribution in [-0.2, 0) is 40.9 Å². The van der Waals surface area contributed by atoms with Crippen molar-refractivity contribution in [2.45, 2.75) is 129 Å². The van der Waals surface area contributed by atoms with Gasteiger partial charge in [-0.2, -0.15) is 0 Å². The van der Waals surface area contributed by atoms with Crippen LogP contribution in [0.1, 0.15) is 93.7 Å². The molecular formula is C53H69NO8Si2. The van der Waals surface area contributed by atoms with Gasteiger partial charge in [-0.15, -0.1) is 0 Å². The number of nitrogens with zero attached hydrogens (tertiary/aromatic N) is 1. The zero-order valence-electron chi connectivity index (χ0n) is 39.7. The van der Waals surface area contributed by atoms with Gasteiger partial charge >= 0.3 is 5.97 Å². The largest absolute Gasteiger partial charge is 0.461 e. The van der Waals surface area contributed by atoms with Gasteiger partial charge in [0.05, 0.1) is 36.8 Å². The number of rotatable bonds is 16. The summed E-state index contributed by atoms with van der Waals surface area (Å²) in [6.07, 6.45) is 2.09. The molecule has 1 aliphatic heterocycles. The fourth-order valence-electron chi connectivity index (χ4n) is 9.11. The summed E-state index contributed by atoms with van der Waals surface area (Å²) >= 11 is 0. The molecule has 0 aliphatic carbocycles. The van der Waals surface area contributed by atoms with E-state index in [4.69, 9.17) is 32.5 Å². The average molecular weight is 904 g/mol. The minimum absolute atomic E-state index is 0.0798. The summed E-state index contributed by atoms with van der Waals surface area (Å²) < 4.78 is 40.2. The van der Waals surface area contributed by atoms with Crippen molar-refractivity contribution in [2.24, 2.45) is 5.41 Å². The molecule has 0 unspecified atom stereocenters. The van der Waals surface area contributed by atoms with Crippen molar-refractivity contribution in [3.63, 3.8) is 0 Å². The van der Waals surface area contributed by atoms with E-state index >= 15 is 0 Å². The molecule has 0 amide bonds. The standard InChI is InChI=1S/C53H69NO8Si2/c1-39(36-59-49(56)50(2,3)4)32-47(62-64(52(8,9)10,44-28-20-14-21-29-44)45-30-22-15-23-31-45)46-33-41(55)34-53(57-11,61-46)35-48-54-40(37-58-48)38-60-63(51(5,6)7,42-24-16-12-17-25-42)43-26-18-13-19-27-43/h12-32,37,41,46-47,55H,33-36,38H2,1-11H3/b39-32+/t41-,46-,47-,53+/m1/s1. The highest BCUT2D eigenvalue weighted by molar-refractivity contribution is 7.00. The number of carbonyl (C=O) groups excluding carboxylic acids is 1. The maximum absolute atomic E-state index is 12.9. The molecule has 2 heterocycles. The fourth-order valence-corrected chi connectivity index (χ4v) is 18.3. The average Bonchev–Trinajstić information content (AvgIpc) is 3.70. The van der Waals surface area contributed by atoms with Gasteiger partial charge in [0.2, 0.25) is 0 Å². The minimum Gasteiger partial charge on any atom is -0.461 e. The number of aromatic nitrogens is 1. The molecular weight excluding hydrogens is 835 g/mol. The molecule has 1 fully saturated rings. The number of carbonyl (C=O) groups is 1. The Kier molecular flexibility index (Phi) is 15.3. The van der Waals surface area contributed by atoms with Crippen molar-refractivity contribution in [1.29, 1.82) is 0 Å². The fraction of sp³-hybridized carbons (Fsp3) is 0.434. The SMILES string of the molecule is CO[C@@]1(Cc2nc(CO[Si](c3ccccc3)(c3ccccc3)C(C)(C)C)co2)C[C@H](O)C[C@H]([C@@H](/C=C(\C)COC(=O)C(C)(C)C)O[Si](c2ccccc2)(c2ccccc2)C(C)(C)C)O1. The lowest BCUT2D eigenvalue weighted by Gasteiger charge is -2.48. The van der Waals surface area contributed by atoms with Crippen molar-refractivity contribution in [3.8, 4) is 0 Å². The highest BCUT2D eigenvalue weighted by Gasteiger charge is 2.54. The highest BCUT2D eigenvalue weighted by atomic mass is 28.4. The van der Waals surface area contributed by atoms with Gasteiger partial charge in [-0.1, -0.05) is 169 Å². The zero-order chi connectivity index (χ0) is 46.4. The smallest absolute Gasteiger partial charge is 0.311 e. The number of benzene rings is 4. The van der Waals surface area contributed by atoms with E-state index in [1.807, 2.05) is 58.0 Å². The van der Waals surface area contributed by atoms with Crippen LogP contribution in [0, 0.1) is 5.41 Å². The predicted octanol–water partition coefficient (Wildman–Crippen LogP) is 8.66. The molecule has 0 saturated carbocycles. The molecule has 5 aromatic rings. The quantitative estimate of drug-likeness (QED) is 0.0592. The van der Waals surface area contributed by atoms with Crippen LogP contribution in [0.25, 0.3) is 0 Å². The molecule has 342 valence electrons. The van der Waals surface area contributed by atoms with E-state index in [-0.39, 0.29) is 48.5 Å². The third kappa shape index (κ3) is 10.8. The third-order valence-electron chi connectivity index (χ3n) is 12.3. The van der Waals surface area contributed by atoms with Gasteiger partial charge in [0, 0.05) is 20.0 Å². The monoisotopic (exact) mass is 903 g/mol. The lowest BCUT2D eigenvalue weighted by atomic mass is 9.93. The molecule has 64 heavy (non-hydrogen) atoms. The topological polar surface area (TPSA) is 109 Å². The van der Waals surface area contributed by atoms with E-state index in [1.165, 1.54) is 10.4 Å². The molecule has 0 bridgehead atoms. The van der Waals surface area contributed by atoms with Crippen molar-refractivity contribution in [2.75, 3.05) is 13.7 Å². The van der Waals surface area contributed by atoms with Crippen LogP contribution in [0.5, 0.6) is 0 Å². The van der Waals surface area contributed by atoms with Crippen molar-refractivity contribution >= 4 is 43.4 Å². The molecule has 1 N–H and O–H groups in total. The van der Waals surface area contributed by atoms with Crippen molar-refractivity contribution in [1.82, 2.24) is 4.98 Å². The van der Waals surface area contributed by atoms with Crippen LogP contribution in [0.15, 0.2) is 144 Å². The summed E-state index contributed by atoms with van der Waals surface area (Å²) in [5, 5.41) is 15.8. The van der Waals surface area contributed by atoms with Gasteiger partial charge in [0.1, 0.15) is 18.6 Å². The molecule has 4 aromatic carbocycles. The van der Waals surface area contributed by atoms with Crippen LogP contribution in [0.2, 0.25) is 10.1 Å². The second-order valence-electron chi connectivity index (χ2n) is 20.3. The molecule has 0 spiro atoms. The summed E-state index contributed by atoms with van der Waals surface area (Å²) in [5.74, 6) is -1.20. The van der Waals surface area contributed by atoms with E-state index in [0.717, 1.165) is 15.9 Å². The molecule has 1 aliphatic rings. The number of methoxy groups -OCH3 is 1. The maximum atomic E-state index is 12.9. The maximum Gasteiger partial charge on any atom is 0.311 e. The number of esters is 1. The van der Waals surface area contributed by atoms with Gasteiger partial charge in [-0.25, -0.2) is 4.98 Å². The number of oxazole rings is 1. The first-order valence-corrected chi connectivity index (χ1v) is 26.3. The Morgan fingerprint density at radius 2 is 1.25 bits per heavy atom. The Bertz CT molecular complexity index is 2200. The van der Waals surface area contributed by atoms with Gasteiger partial charge in [0.25, 0.3) is 16.6 Å². The number of hydrogen-bond acceptors (Lipinski definition) is 9. The van der Waals surface area contributed by atoms with E-state index in [9.17, 15) is 9.90 Å². The van der Waals surface area contributed by atoms with Gasteiger partial charge in [-0.3, -0.25) is 4.79 Å². The lowest BCUT2D eigenvalue weighted by Crippen LogP contribution is -2.69.